The topological polar surface area (TPSA) is 23.8 Å². The van der Waals surface area contributed by atoms with Crippen LogP contribution >= 0.6 is 11.9 Å². The number of rotatable bonds is 1. The van der Waals surface area contributed by atoms with Crippen LogP contribution in [0.4, 0.5) is 0 Å². The molecule has 3 heteroatoms. The van der Waals surface area contributed by atoms with Gasteiger partial charge in [-0.25, -0.2) is 0 Å². The molecule has 1 N–H and O–H groups in total. The predicted octanol–water partition coefficient (Wildman–Crippen LogP) is -0.250. The molecule has 0 heterocycles. The van der Waals surface area contributed by atoms with Gasteiger partial charge in [0.25, 0.3) is 0 Å². The van der Waals surface area contributed by atoms with Crippen molar-refractivity contribution in [3.63, 3.8) is 0 Å². The molecule has 0 unspecified atom stereocenters. The molecule has 0 radical (unpaired) electrons. The Bertz CT molecular complexity index is 154. The second-order valence-electron chi connectivity index (χ2n) is 1.42. The Kier molecular flexibility index (Phi) is 6.97. The van der Waals surface area contributed by atoms with Crippen LogP contribution in [0.5, 0.6) is 0 Å². The van der Waals surface area contributed by atoms with Crippen LogP contribution in [0.2, 0.25) is 0 Å². The first-order chi connectivity index (χ1) is 3.93. The van der Waals surface area contributed by atoms with E-state index in [9.17, 15) is 0 Å². The molecule has 0 aliphatic heterocycles. The summed E-state index contributed by atoms with van der Waals surface area (Å²) >= 11 is 1.02. The van der Waals surface area contributed by atoms with Crippen LogP contribution in [0.25, 0.3) is 5.14 Å². The summed E-state index contributed by atoms with van der Waals surface area (Å²) in [4.78, 5) is 0.993. The average molecular weight is 210 g/mol. The summed E-state index contributed by atoms with van der Waals surface area (Å²) < 4.78 is 0. The van der Waals surface area contributed by atoms with E-state index in [2.05, 4.69) is 0 Å². The van der Waals surface area contributed by atoms with E-state index in [0.717, 1.165) is 16.8 Å². The van der Waals surface area contributed by atoms with Gasteiger partial charge in [0.1, 0.15) is 0 Å². The minimum Gasteiger partial charge on any atom is -0.617 e. The summed E-state index contributed by atoms with van der Waals surface area (Å²) in [7, 11) is 0. The SMILES string of the molecule is [NH-]Sc1ccccc1.[Rb+]. The molecule has 0 amide bonds. The molecule has 0 spiro atoms. The van der Waals surface area contributed by atoms with E-state index in [0.29, 0.717) is 0 Å². The van der Waals surface area contributed by atoms with E-state index in [1.165, 1.54) is 0 Å². The number of benzene rings is 1. The van der Waals surface area contributed by atoms with E-state index >= 15 is 0 Å². The molecule has 42 valence electrons. The molecule has 0 saturated heterocycles. The molecular weight excluding hydrogens is 204 g/mol. The van der Waals surface area contributed by atoms with E-state index in [1.807, 2.05) is 30.3 Å². The first-order valence-corrected chi connectivity index (χ1v) is 3.14. The molecule has 1 rings (SSSR count). The molecule has 0 saturated carbocycles. The van der Waals surface area contributed by atoms with E-state index < -0.39 is 0 Å². The zero-order chi connectivity index (χ0) is 5.82. The maximum Gasteiger partial charge on any atom is 1.00 e. The van der Waals surface area contributed by atoms with Crippen molar-refractivity contribution in [3.8, 4) is 0 Å². The third-order valence-corrected chi connectivity index (χ3v) is 1.37. The zero-order valence-electron chi connectivity index (χ0n) is 5.29. The van der Waals surface area contributed by atoms with Gasteiger partial charge in [0.2, 0.25) is 0 Å². The maximum atomic E-state index is 6.86. The van der Waals surface area contributed by atoms with Gasteiger partial charge in [-0.15, -0.1) is 0 Å². The van der Waals surface area contributed by atoms with Crippen molar-refractivity contribution in [2.45, 2.75) is 4.90 Å². The van der Waals surface area contributed by atoms with Crippen molar-refractivity contribution < 1.29 is 58.2 Å². The Labute approximate surface area is 108 Å². The number of hydrogen-bond donors (Lipinski definition) is 0. The van der Waals surface area contributed by atoms with Crippen LogP contribution in [-0.2, 0) is 0 Å². The molecule has 1 aromatic rings. The van der Waals surface area contributed by atoms with Crippen LogP contribution in [0.3, 0.4) is 0 Å². The van der Waals surface area contributed by atoms with Crippen molar-refractivity contribution >= 4 is 11.9 Å². The number of nitrogens with one attached hydrogen (secondary N) is 1. The monoisotopic (exact) mass is 209 g/mol. The quantitative estimate of drug-likeness (QED) is 0.586. The summed E-state index contributed by atoms with van der Waals surface area (Å²) in [5.74, 6) is 0. The van der Waals surface area contributed by atoms with Gasteiger partial charge in [-0.05, 0) is 4.90 Å². The Balaban J connectivity index is 0.000000640. The predicted molar refractivity (Wildman–Crippen MR) is 36.6 cm³/mol. The summed E-state index contributed by atoms with van der Waals surface area (Å²) in [6, 6.07) is 9.63. The summed E-state index contributed by atoms with van der Waals surface area (Å²) in [6.45, 7) is 0. The minimum absolute atomic E-state index is 0. The van der Waals surface area contributed by atoms with Gasteiger partial charge >= 0.3 is 58.2 Å². The van der Waals surface area contributed by atoms with E-state index in [-0.39, 0.29) is 58.2 Å². The summed E-state index contributed by atoms with van der Waals surface area (Å²) in [6.07, 6.45) is 0. The van der Waals surface area contributed by atoms with Gasteiger partial charge in [-0.3, -0.25) is 11.9 Å². The van der Waals surface area contributed by atoms with Gasteiger partial charge in [0, 0.05) is 0 Å². The van der Waals surface area contributed by atoms with Crippen molar-refractivity contribution in [1.29, 1.82) is 0 Å². The fourth-order valence-electron chi connectivity index (χ4n) is 0.489. The van der Waals surface area contributed by atoms with Crippen LogP contribution in [0.15, 0.2) is 35.2 Å². The van der Waals surface area contributed by atoms with Crippen molar-refractivity contribution in [3.05, 3.63) is 35.5 Å². The molecule has 0 aliphatic rings. The standard InChI is InChI=1S/C6H6NS.Rb/c7-8-6-4-2-1-3-5-6;/h1-5,7H;/q-1;+1. The summed E-state index contributed by atoms with van der Waals surface area (Å²) in [5.41, 5.74) is 0. The van der Waals surface area contributed by atoms with Gasteiger partial charge in [0.05, 0.1) is 0 Å². The molecule has 0 bridgehead atoms. The fraction of sp³-hybridized carbons (Fsp3) is 0. The van der Waals surface area contributed by atoms with Crippen LogP contribution in [-0.4, -0.2) is 0 Å². The van der Waals surface area contributed by atoms with Gasteiger partial charge in [0.15, 0.2) is 0 Å². The van der Waals surface area contributed by atoms with Gasteiger partial charge in [-0.1, -0.05) is 30.3 Å². The molecule has 0 aromatic heterocycles. The average Bonchev–Trinajstić information content (AvgIpc) is 1.90. The third kappa shape index (κ3) is 3.91. The van der Waals surface area contributed by atoms with Gasteiger partial charge in [-0.2, -0.15) is 0 Å². The Morgan fingerprint density at radius 3 is 2.00 bits per heavy atom. The molecule has 0 atom stereocenters. The first-order valence-electron chi connectivity index (χ1n) is 2.32. The van der Waals surface area contributed by atoms with E-state index in [1.54, 1.807) is 0 Å². The van der Waals surface area contributed by atoms with Crippen LogP contribution in [0.1, 0.15) is 0 Å². The Morgan fingerprint density at radius 2 is 1.67 bits per heavy atom. The third-order valence-electron chi connectivity index (χ3n) is 0.861. The first kappa shape index (κ1) is 10.3. The zero-order valence-corrected chi connectivity index (χ0v) is 11.0. The Morgan fingerprint density at radius 1 is 1.11 bits per heavy atom. The smallest absolute Gasteiger partial charge is 0.617 e. The largest absolute Gasteiger partial charge is 1.00 e. The minimum atomic E-state index is 0. The molecule has 1 aromatic carbocycles. The molecule has 0 fully saturated rings. The molecular formula is C6H6NRbS. The maximum absolute atomic E-state index is 6.86. The summed E-state index contributed by atoms with van der Waals surface area (Å²) in [5, 5.41) is 6.86. The van der Waals surface area contributed by atoms with Crippen LogP contribution in [0, 0.1) is 0 Å². The second-order valence-corrected chi connectivity index (χ2v) is 2.09. The molecule has 0 aliphatic carbocycles. The normalized spacial score (nSPS) is 8.11. The Hall–Kier alpha value is 1.34. The van der Waals surface area contributed by atoms with Gasteiger partial charge < -0.3 is 5.14 Å². The molecule has 9 heavy (non-hydrogen) atoms. The van der Waals surface area contributed by atoms with Crippen molar-refractivity contribution in [1.82, 2.24) is 0 Å². The van der Waals surface area contributed by atoms with E-state index in [4.69, 9.17) is 5.14 Å². The second kappa shape index (κ2) is 6.07. The molecule has 1 nitrogen and oxygen atoms in total. The van der Waals surface area contributed by atoms with Crippen molar-refractivity contribution in [2.24, 2.45) is 0 Å². The van der Waals surface area contributed by atoms with Crippen LogP contribution < -0.4 is 58.2 Å². The number of hydrogen-bond acceptors (Lipinski definition) is 1. The van der Waals surface area contributed by atoms with Crippen molar-refractivity contribution in [2.75, 3.05) is 0 Å². The fourth-order valence-corrected chi connectivity index (χ4v) is 0.782.